The molecule has 1 aromatic carbocycles. The van der Waals surface area contributed by atoms with E-state index < -0.39 is 0 Å². The van der Waals surface area contributed by atoms with Gasteiger partial charge < -0.3 is 10.5 Å². The lowest BCUT2D eigenvalue weighted by atomic mass is 9.92. The zero-order chi connectivity index (χ0) is 20.4. The molecule has 0 aliphatic carbocycles. The molecular formula is C24H33N3O. The molecule has 0 atom stereocenters. The number of nitrogens with zero attached hydrogens (tertiary/aromatic N) is 2. The van der Waals surface area contributed by atoms with Gasteiger partial charge in [0.15, 0.2) is 0 Å². The highest BCUT2D eigenvalue weighted by molar-refractivity contribution is 5.79. The number of nitrogens with two attached hydrogens (primary N) is 1. The van der Waals surface area contributed by atoms with Gasteiger partial charge in [-0.05, 0) is 43.0 Å². The number of anilines is 1. The molecule has 0 saturated heterocycles. The number of aryl methyl sites for hydroxylation is 1. The van der Waals surface area contributed by atoms with Crippen LogP contribution in [-0.2, 0) is 6.42 Å². The molecule has 0 radical (unpaired) electrons. The summed E-state index contributed by atoms with van der Waals surface area (Å²) in [4.78, 5) is 4.37. The normalized spacial score (nSPS) is 10.6. The SMILES string of the molecule is CCCCCCCCOc1ccc(-c2c(C#N)c(N)nc(C)c2CCC)cc1. The maximum Gasteiger partial charge on any atom is 0.142 e. The molecule has 0 fully saturated rings. The molecule has 0 aliphatic heterocycles. The van der Waals surface area contributed by atoms with Gasteiger partial charge in [-0.25, -0.2) is 4.98 Å². The van der Waals surface area contributed by atoms with Crippen LogP contribution in [0.3, 0.4) is 0 Å². The number of hydrogen-bond donors (Lipinski definition) is 1. The minimum atomic E-state index is 0.304. The van der Waals surface area contributed by atoms with Crippen LogP contribution in [0.5, 0.6) is 5.75 Å². The van der Waals surface area contributed by atoms with Gasteiger partial charge in [-0.3, -0.25) is 0 Å². The zero-order valence-corrected chi connectivity index (χ0v) is 17.6. The topological polar surface area (TPSA) is 71.9 Å². The molecule has 1 heterocycles. The fraction of sp³-hybridized carbons (Fsp3) is 0.500. The first-order chi connectivity index (χ1) is 13.6. The summed E-state index contributed by atoms with van der Waals surface area (Å²) in [5.74, 6) is 1.17. The van der Waals surface area contributed by atoms with Gasteiger partial charge in [0.05, 0.1) is 6.61 Å². The average Bonchev–Trinajstić information content (AvgIpc) is 2.69. The Balaban J connectivity index is 2.10. The zero-order valence-electron chi connectivity index (χ0n) is 17.6. The van der Waals surface area contributed by atoms with E-state index in [2.05, 4.69) is 24.9 Å². The molecule has 2 rings (SSSR count). The van der Waals surface area contributed by atoms with Crippen molar-refractivity contribution in [1.29, 1.82) is 5.26 Å². The minimum Gasteiger partial charge on any atom is -0.494 e. The van der Waals surface area contributed by atoms with Crippen LogP contribution in [0.15, 0.2) is 24.3 Å². The summed E-state index contributed by atoms with van der Waals surface area (Å²) in [5, 5.41) is 9.62. The molecular weight excluding hydrogens is 346 g/mol. The standard InChI is InChI=1S/C24H33N3O/c1-4-6-7-8-9-10-16-28-20-14-12-19(13-15-20)23-21(11-5-2)18(3)27-24(26)22(23)17-25/h12-15H,4-11,16H2,1-3H3,(H2,26,27). The number of rotatable bonds is 11. The summed E-state index contributed by atoms with van der Waals surface area (Å²) >= 11 is 0. The summed E-state index contributed by atoms with van der Waals surface area (Å²) < 4.78 is 5.88. The fourth-order valence-electron chi connectivity index (χ4n) is 3.54. The Kier molecular flexibility index (Phi) is 8.81. The summed E-state index contributed by atoms with van der Waals surface area (Å²) in [6.07, 6.45) is 9.38. The maximum atomic E-state index is 9.62. The van der Waals surface area contributed by atoms with E-state index in [1.54, 1.807) is 0 Å². The molecule has 2 aromatic rings. The quantitative estimate of drug-likeness (QED) is 0.472. The van der Waals surface area contributed by atoms with Crippen LogP contribution in [0.1, 0.15) is 75.6 Å². The Morgan fingerprint density at radius 1 is 1.00 bits per heavy atom. The third-order valence-electron chi connectivity index (χ3n) is 5.05. The molecule has 0 spiro atoms. The van der Waals surface area contributed by atoms with E-state index in [0.717, 1.165) is 54.0 Å². The van der Waals surface area contributed by atoms with Crippen LogP contribution < -0.4 is 10.5 Å². The molecule has 4 heteroatoms. The second kappa shape index (κ2) is 11.3. The van der Waals surface area contributed by atoms with E-state index in [1.165, 1.54) is 32.1 Å². The van der Waals surface area contributed by atoms with Crippen LogP contribution in [0.2, 0.25) is 0 Å². The third kappa shape index (κ3) is 5.73. The van der Waals surface area contributed by atoms with Gasteiger partial charge in [-0.1, -0.05) is 64.5 Å². The Morgan fingerprint density at radius 2 is 1.68 bits per heavy atom. The van der Waals surface area contributed by atoms with E-state index in [1.807, 2.05) is 31.2 Å². The van der Waals surface area contributed by atoms with Crippen LogP contribution in [-0.4, -0.2) is 11.6 Å². The van der Waals surface area contributed by atoms with Crippen LogP contribution in [0.4, 0.5) is 5.82 Å². The van der Waals surface area contributed by atoms with E-state index in [0.29, 0.717) is 11.4 Å². The number of nitrogen functional groups attached to an aromatic ring is 1. The lowest BCUT2D eigenvalue weighted by Gasteiger charge is -2.16. The van der Waals surface area contributed by atoms with Crippen LogP contribution >= 0.6 is 0 Å². The molecule has 0 saturated carbocycles. The van der Waals surface area contributed by atoms with E-state index >= 15 is 0 Å². The summed E-state index contributed by atoms with van der Waals surface area (Å²) in [7, 11) is 0. The Morgan fingerprint density at radius 3 is 2.32 bits per heavy atom. The van der Waals surface area contributed by atoms with Crippen molar-refractivity contribution in [3.8, 4) is 22.9 Å². The van der Waals surface area contributed by atoms with Crippen molar-refractivity contribution in [3.63, 3.8) is 0 Å². The Labute approximate surface area is 169 Å². The number of ether oxygens (including phenoxy) is 1. The number of hydrogen-bond acceptors (Lipinski definition) is 4. The molecule has 28 heavy (non-hydrogen) atoms. The first kappa shape index (κ1) is 21.8. The van der Waals surface area contributed by atoms with Gasteiger partial charge in [0, 0.05) is 11.3 Å². The summed E-state index contributed by atoms with van der Waals surface area (Å²) in [6, 6.07) is 10.2. The maximum absolute atomic E-state index is 9.62. The van der Waals surface area contributed by atoms with Gasteiger partial charge in [0.2, 0.25) is 0 Å². The van der Waals surface area contributed by atoms with Gasteiger partial charge in [0.25, 0.3) is 0 Å². The second-order valence-electron chi connectivity index (χ2n) is 7.31. The van der Waals surface area contributed by atoms with Crippen LogP contribution in [0.25, 0.3) is 11.1 Å². The smallest absolute Gasteiger partial charge is 0.142 e. The number of pyridine rings is 1. The molecule has 0 amide bonds. The largest absolute Gasteiger partial charge is 0.494 e. The predicted molar refractivity (Wildman–Crippen MR) is 116 cm³/mol. The molecule has 0 unspecified atom stereocenters. The first-order valence-electron chi connectivity index (χ1n) is 10.5. The molecule has 0 bridgehead atoms. The molecule has 2 N–H and O–H groups in total. The van der Waals surface area contributed by atoms with Crippen molar-refractivity contribution in [2.75, 3.05) is 12.3 Å². The summed E-state index contributed by atoms with van der Waals surface area (Å²) in [5.41, 5.74) is 10.4. The Hall–Kier alpha value is -2.54. The lowest BCUT2D eigenvalue weighted by molar-refractivity contribution is 0.304. The lowest BCUT2D eigenvalue weighted by Crippen LogP contribution is -2.05. The highest BCUT2D eigenvalue weighted by atomic mass is 16.5. The third-order valence-corrected chi connectivity index (χ3v) is 5.05. The monoisotopic (exact) mass is 379 g/mol. The van der Waals surface area contributed by atoms with Crippen molar-refractivity contribution in [2.24, 2.45) is 0 Å². The minimum absolute atomic E-state index is 0.304. The fourth-order valence-corrected chi connectivity index (χ4v) is 3.54. The number of unbranched alkanes of at least 4 members (excludes halogenated alkanes) is 5. The van der Waals surface area contributed by atoms with Crippen molar-refractivity contribution < 1.29 is 4.74 Å². The number of nitriles is 1. The predicted octanol–water partition coefficient (Wildman–Crippen LogP) is 6.20. The van der Waals surface area contributed by atoms with Gasteiger partial charge in [-0.15, -0.1) is 0 Å². The van der Waals surface area contributed by atoms with Crippen molar-refractivity contribution in [1.82, 2.24) is 4.98 Å². The van der Waals surface area contributed by atoms with E-state index in [4.69, 9.17) is 10.5 Å². The highest BCUT2D eigenvalue weighted by Crippen LogP contribution is 2.33. The number of aromatic nitrogens is 1. The Bertz CT molecular complexity index is 791. The second-order valence-corrected chi connectivity index (χ2v) is 7.31. The van der Waals surface area contributed by atoms with Crippen LogP contribution in [0, 0.1) is 18.3 Å². The van der Waals surface area contributed by atoms with Crippen molar-refractivity contribution in [3.05, 3.63) is 41.1 Å². The van der Waals surface area contributed by atoms with Gasteiger partial charge >= 0.3 is 0 Å². The first-order valence-corrected chi connectivity index (χ1v) is 10.5. The van der Waals surface area contributed by atoms with Crippen molar-refractivity contribution >= 4 is 5.82 Å². The van der Waals surface area contributed by atoms with E-state index in [9.17, 15) is 5.26 Å². The van der Waals surface area contributed by atoms with Gasteiger partial charge in [-0.2, -0.15) is 5.26 Å². The highest BCUT2D eigenvalue weighted by Gasteiger charge is 2.17. The van der Waals surface area contributed by atoms with E-state index in [-0.39, 0.29) is 0 Å². The number of benzene rings is 1. The molecule has 0 aliphatic rings. The van der Waals surface area contributed by atoms with Crippen molar-refractivity contribution in [2.45, 2.75) is 72.1 Å². The molecule has 4 nitrogen and oxygen atoms in total. The average molecular weight is 380 g/mol. The molecule has 1 aromatic heterocycles. The van der Waals surface area contributed by atoms with Gasteiger partial charge in [0.1, 0.15) is 23.2 Å². The molecule has 150 valence electrons. The summed E-state index contributed by atoms with van der Waals surface area (Å²) in [6.45, 7) is 7.07.